The predicted octanol–water partition coefficient (Wildman–Crippen LogP) is 2.95. The van der Waals surface area contributed by atoms with Crippen molar-refractivity contribution in [3.63, 3.8) is 0 Å². The van der Waals surface area contributed by atoms with Crippen LogP contribution < -0.4 is 4.72 Å². The van der Waals surface area contributed by atoms with Crippen LogP contribution in [0.4, 0.5) is 5.69 Å². The first-order valence-corrected chi connectivity index (χ1v) is 7.71. The summed E-state index contributed by atoms with van der Waals surface area (Å²) < 4.78 is 26.5. The van der Waals surface area contributed by atoms with E-state index in [0.29, 0.717) is 0 Å². The first-order chi connectivity index (χ1) is 8.40. The fraction of sp³-hybridized carbons (Fsp3) is 0.111. The second-order valence-corrected chi connectivity index (χ2v) is 7.21. The molecular weight excluding hydrogens is 317 g/mol. The summed E-state index contributed by atoms with van der Waals surface area (Å²) in [5.74, 6) is 0. The number of aryl methyl sites for hydroxylation is 1. The lowest BCUT2D eigenvalue weighted by atomic mass is 10.5. The number of nitrogens with zero attached hydrogens (tertiary/aromatic N) is 2. The zero-order valence-electron chi connectivity index (χ0n) is 9.02. The standard InChI is InChI=1S/C9H7Cl2N3O2S2/c1-5-2-3-6(17-5)18(15,16)14-7-8(10)12-4-13-9(7)11/h2-4,14H,1H3. The molecule has 18 heavy (non-hydrogen) atoms. The average Bonchev–Trinajstić information content (AvgIpc) is 2.71. The van der Waals surface area contributed by atoms with Crippen molar-refractivity contribution in [2.45, 2.75) is 11.1 Å². The summed E-state index contributed by atoms with van der Waals surface area (Å²) in [7, 11) is -3.72. The van der Waals surface area contributed by atoms with Gasteiger partial charge in [-0.2, -0.15) is 0 Å². The third-order valence-electron chi connectivity index (χ3n) is 1.97. The van der Waals surface area contributed by atoms with Gasteiger partial charge in [0.05, 0.1) is 0 Å². The maximum absolute atomic E-state index is 12.0. The minimum Gasteiger partial charge on any atom is -0.273 e. The Bertz CT molecular complexity index is 665. The lowest BCUT2D eigenvalue weighted by molar-refractivity contribution is 0.603. The average molecular weight is 324 g/mol. The molecule has 96 valence electrons. The molecule has 0 unspecified atom stereocenters. The minimum absolute atomic E-state index is 0.0214. The van der Waals surface area contributed by atoms with Crippen LogP contribution in [0.1, 0.15) is 4.88 Å². The fourth-order valence-corrected chi connectivity index (χ4v) is 4.05. The molecule has 0 radical (unpaired) electrons. The molecule has 5 nitrogen and oxygen atoms in total. The van der Waals surface area contributed by atoms with Gasteiger partial charge in [0.15, 0.2) is 10.3 Å². The van der Waals surface area contributed by atoms with Crippen molar-refractivity contribution in [1.29, 1.82) is 0 Å². The van der Waals surface area contributed by atoms with Crippen molar-refractivity contribution >= 4 is 50.2 Å². The van der Waals surface area contributed by atoms with E-state index in [2.05, 4.69) is 14.7 Å². The van der Waals surface area contributed by atoms with Crippen LogP contribution in [0.15, 0.2) is 22.7 Å². The molecule has 0 amide bonds. The van der Waals surface area contributed by atoms with E-state index in [1.165, 1.54) is 6.07 Å². The van der Waals surface area contributed by atoms with Gasteiger partial charge in [0.1, 0.15) is 16.2 Å². The van der Waals surface area contributed by atoms with E-state index < -0.39 is 10.0 Å². The van der Waals surface area contributed by atoms with E-state index in [9.17, 15) is 8.42 Å². The van der Waals surface area contributed by atoms with Crippen molar-refractivity contribution in [3.8, 4) is 0 Å². The highest BCUT2D eigenvalue weighted by molar-refractivity contribution is 7.94. The summed E-state index contributed by atoms with van der Waals surface area (Å²) in [5, 5.41) is -0.0984. The molecule has 2 aromatic heterocycles. The zero-order chi connectivity index (χ0) is 13.3. The minimum atomic E-state index is -3.72. The Morgan fingerprint density at radius 1 is 1.22 bits per heavy atom. The third kappa shape index (κ3) is 2.74. The highest BCUT2D eigenvalue weighted by Gasteiger charge is 2.20. The molecule has 0 spiro atoms. The number of hydrogen-bond acceptors (Lipinski definition) is 5. The first kappa shape index (κ1) is 13.5. The molecule has 2 aromatic rings. The number of halogens is 2. The van der Waals surface area contributed by atoms with Crippen LogP contribution in [0.2, 0.25) is 10.3 Å². The van der Waals surface area contributed by atoms with Crippen molar-refractivity contribution < 1.29 is 8.42 Å². The molecular formula is C9H7Cl2N3O2S2. The number of hydrogen-bond donors (Lipinski definition) is 1. The lowest BCUT2D eigenvalue weighted by Crippen LogP contribution is -2.13. The Hall–Kier alpha value is -0.890. The maximum Gasteiger partial charge on any atom is 0.271 e. The summed E-state index contributed by atoms with van der Waals surface area (Å²) in [4.78, 5) is 8.22. The van der Waals surface area contributed by atoms with Crippen molar-refractivity contribution in [3.05, 3.63) is 33.6 Å². The van der Waals surface area contributed by atoms with Crippen LogP contribution in [0.25, 0.3) is 0 Å². The monoisotopic (exact) mass is 323 g/mol. The van der Waals surface area contributed by atoms with Gasteiger partial charge in [0.2, 0.25) is 0 Å². The van der Waals surface area contributed by atoms with E-state index in [-0.39, 0.29) is 20.2 Å². The van der Waals surface area contributed by atoms with Crippen molar-refractivity contribution in [2.24, 2.45) is 0 Å². The zero-order valence-corrected chi connectivity index (χ0v) is 12.2. The van der Waals surface area contributed by atoms with Crippen LogP contribution in [-0.4, -0.2) is 18.4 Å². The van der Waals surface area contributed by atoms with Crippen LogP contribution in [0, 0.1) is 6.92 Å². The van der Waals surface area contributed by atoms with Crippen molar-refractivity contribution in [1.82, 2.24) is 9.97 Å². The molecule has 2 heterocycles. The van der Waals surface area contributed by atoms with E-state index in [4.69, 9.17) is 23.2 Å². The molecule has 0 bridgehead atoms. The molecule has 0 atom stereocenters. The summed E-state index contributed by atoms with van der Waals surface area (Å²) in [6, 6.07) is 3.22. The summed E-state index contributed by atoms with van der Waals surface area (Å²) in [6.07, 6.45) is 1.15. The Labute approximate surface area is 118 Å². The maximum atomic E-state index is 12.0. The SMILES string of the molecule is Cc1ccc(S(=O)(=O)Nc2c(Cl)ncnc2Cl)s1. The number of aromatic nitrogens is 2. The molecule has 0 aliphatic rings. The lowest BCUT2D eigenvalue weighted by Gasteiger charge is -2.08. The molecule has 9 heteroatoms. The van der Waals surface area contributed by atoms with Gasteiger partial charge in [0.25, 0.3) is 10.0 Å². The predicted molar refractivity (Wildman–Crippen MR) is 71.9 cm³/mol. The molecule has 2 rings (SSSR count). The van der Waals surface area contributed by atoms with Crippen LogP contribution in [-0.2, 0) is 10.0 Å². The summed E-state index contributed by atoms with van der Waals surface area (Å²) >= 11 is 12.7. The normalized spacial score (nSPS) is 11.5. The highest BCUT2D eigenvalue weighted by Crippen LogP contribution is 2.30. The Kier molecular flexibility index (Phi) is 3.76. The van der Waals surface area contributed by atoms with E-state index >= 15 is 0 Å². The number of anilines is 1. The van der Waals surface area contributed by atoms with Gasteiger partial charge in [-0.3, -0.25) is 4.72 Å². The number of sulfonamides is 1. The van der Waals surface area contributed by atoms with Gasteiger partial charge in [-0.05, 0) is 19.1 Å². The van der Waals surface area contributed by atoms with E-state index in [1.807, 2.05) is 6.92 Å². The smallest absolute Gasteiger partial charge is 0.271 e. The van der Waals surface area contributed by atoms with Gasteiger partial charge < -0.3 is 0 Å². The molecule has 0 saturated carbocycles. The van der Waals surface area contributed by atoms with Gasteiger partial charge in [-0.15, -0.1) is 11.3 Å². The van der Waals surface area contributed by atoms with Gasteiger partial charge >= 0.3 is 0 Å². The Balaban J connectivity index is 2.40. The summed E-state index contributed by atoms with van der Waals surface area (Å²) in [6.45, 7) is 1.81. The highest BCUT2D eigenvalue weighted by atomic mass is 35.5. The number of nitrogens with one attached hydrogen (secondary N) is 1. The van der Waals surface area contributed by atoms with Gasteiger partial charge in [-0.25, -0.2) is 18.4 Å². The second-order valence-electron chi connectivity index (χ2n) is 3.30. The van der Waals surface area contributed by atoms with Gasteiger partial charge in [-0.1, -0.05) is 23.2 Å². The van der Waals surface area contributed by atoms with Gasteiger partial charge in [0, 0.05) is 4.88 Å². The van der Waals surface area contributed by atoms with E-state index in [0.717, 1.165) is 22.5 Å². The molecule has 0 fully saturated rings. The second kappa shape index (κ2) is 5.00. The molecule has 0 aromatic carbocycles. The Morgan fingerprint density at radius 2 is 1.83 bits per heavy atom. The fourth-order valence-electron chi connectivity index (χ4n) is 1.17. The van der Waals surface area contributed by atoms with Crippen molar-refractivity contribution in [2.75, 3.05) is 4.72 Å². The number of thiophene rings is 1. The number of rotatable bonds is 3. The first-order valence-electron chi connectivity index (χ1n) is 4.65. The van der Waals surface area contributed by atoms with Crippen LogP contribution >= 0.6 is 34.5 Å². The third-order valence-corrected chi connectivity index (χ3v) is 5.39. The molecule has 1 N–H and O–H groups in total. The molecule has 0 saturated heterocycles. The summed E-state index contributed by atoms with van der Waals surface area (Å²) in [5.41, 5.74) is -0.0214. The topological polar surface area (TPSA) is 72.0 Å². The Morgan fingerprint density at radius 3 is 2.33 bits per heavy atom. The quantitative estimate of drug-likeness (QED) is 0.881. The van der Waals surface area contributed by atoms with Crippen LogP contribution in [0.3, 0.4) is 0 Å². The largest absolute Gasteiger partial charge is 0.273 e. The van der Waals surface area contributed by atoms with Crippen LogP contribution in [0.5, 0.6) is 0 Å². The van der Waals surface area contributed by atoms with E-state index in [1.54, 1.807) is 6.07 Å². The molecule has 0 aliphatic carbocycles. The molecule has 0 aliphatic heterocycles.